The van der Waals surface area contributed by atoms with Crippen LogP contribution in [0.15, 0.2) is 0 Å². The van der Waals surface area contributed by atoms with Gasteiger partial charge in [-0.1, -0.05) is 0 Å². The van der Waals surface area contributed by atoms with Gasteiger partial charge in [0, 0.05) is 13.0 Å². The van der Waals surface area contributed by atoms with Gasteiger partial charge >= 0.3 is 6.03 Å². The SMILES string of the molecule is C#CC[N+](C)(C)CCCN1C(=O)NC(C)(C)C1=O. The number of carbonyl (C=O) groups is 2. The lowest BCUT2D eigenvalue weighted by Crippen LogP contribution is -2.43. The molecular formula is C13H22N3O2+. The quantitative estimate of drug-likeness (QED) is 0.438. The first kappa shape index (κ1) is 14.5. The number of imide groups is 1. The van der Waals surface area contributed by atoms with Gasteiger partial charge in [-0.15, -0.1) is 6.42 Å². The summed E-state index contributed by atoms with van der Waals surface area (Å²) in [6.07, 6.45) is 6.05. The Balaban J connectivity index is 2.48. The summed E-state index contributed by atoms with van der Waals surface area (Å²) in [6, 6.07) is -0.299. The molecule has 0 bridgehead atoms. The van der Waals surface area contributed by atoms with E-state index in [4.69, 9.17) is 6.42 Å². The molecule has 1 heterocycles. The largest absolute Gasteiger partial charge is 0.325 e. The van der Waals surface area contributed by atoms with Crippen molar-refractivity contribution >= 4 is 11.9 Å². The van der Waals surface area contributed by atoms with Crippen LogP contribution in [0.25, 0.3) is 0 Å². The third-order valence-electron chi connectivity index (χ3n) is 3.11. The number of nitrogens with one attached hydrogen (secondary N) is 1. The zero-order valence-electron chi connectivity index (χ0n) is 11.6. The van der Waals surface area contributed by atoms with Crippen molar-refractivity contribution in [3.05, 3.63) is 0 Å². The molecule has 100 valence electrons. The van der Waals surface area contributed by atoms with E-state index in [1.54, 1.807) is 13.8 Å². The van der Waals surface area contributed by atoms with Gasteiger partial charge in [-0.3, -0.25) is 9.69 Å². The Kier molecular flexibility index (Phi) is 4.02. The van der Waals surface area contributed by atoms with Gasteiger partial charge in [0.1, 0.15) is 12.1 Å². The van der Waals surface area contributed by atoms with Gasteiger partial charge in [0.2, 0.25) is 0 Å². The van der Waals surface area contributed by atoms with Gasteiger partial charge in [0.15, 0.2) is 0 Å². The monoisotopic (exact) mass is 252 g/mol. The van der Waals surface area contributed by atoms with Crippen LogP contribution in [0.4, 0.5) is 4.79 Å². The van der Waals surface area contributed by atoms with Gasteiger partial charge < -0.3 is 9.80 Å². The fourth-order valence-electron chi connectivity index (χ4n) is 2.00. The summed E-state index contributed by atoms with van der Waals surface area (Å²) in [5, 5.41) is 2.67. The van der Waals surface area contributed by atoms with E-state index < -0.39 is 5.54 Å². The van der Waals surface area contributed by atoms with Crippen molar-refractivity contribution in [2.45, 2.75) is 25.8 Å². The fourth-order valence-corrected chi connectivity index (χ4v) is 2.00. The highest BCUT2D eigenvalue weighted by Crippen LogP contribution is 2.16. The van der Waals surface area contributed by atoms with Crippen molar-refractivity contribution in [1.82, 2.24) is 10.2 Å². The summed E-state index contributed by atoms with van der Waals surface area (Å²) in [5.41, 5.74) is -0.778. The number of hydrogen-bond donors (Lipinski definition) is 1. The molecule has 0 aromatic heterocycles. The van der Waals surface area contributed by atoms with Crippen molar-refractivity contribution in [3.8, 4) is 12.3 Å². The molecule has 0 aromatic rings. The lowest BCUT2D eigenvalue weighted by Gasteiger charge is -2.28. The van der Waals surface area contributed by atoms with Gasteiger partial charge in [0.25, 0.3) is 5.91 Å². The van der Waals surface area contributed by atoms with E-state index in [-0.39, 0.29) is 11.9 Å². The number of amides is 3. The summed E-state index contributed by atoms with van der Waals surface area (Å²) in [5.74, 6) is 2.47. The van der Waals surface area contributed by atoms with Crippen LogP contribution in [0, 0.1) is 12.3 Å². The van der Waals surface area contributed by atoms with E-state index in [0.29, 0.717) is 17.6 Å². The Bertz CT molecular complexity index is 394. The van der Waals surface area contributed by atoms with Gasteiger partial charge in [-0.25, -0.2) is 4.79 Å². The van der Waals surface area contributed by atoms with E-state index in [1.165, 1.54) is 4.90 Å². The lowest BCUT2D eigenvalue weighted by atomic mass is 10.1. The Hall–Kier alpha value is -1.54. The average molecular weight is 252 g/mol. The molecule has 1 aliphatic heterocycles. The second-order valence-electron chi connectivity index (χ2n) is 5.89. The molecule has 0 radical (unpaired) electrons. The molecule has 0 saturated carbocycles. The summed E-state index contributed by atoms with van der Waals surface area (Å²) in [6.45, 7) is 5.35. The number of urea groups is 1. The number of terminal acetylenes is 1. The number of nitrogens with zero attached hydrogens (tertiary/aromatic N) is 2. The minimum absolute atomic E-state index is 0.158. The van der Waals surface area contributed by atoms with E-state index in [9.17, 15) is 9.59 Å². The topological polar surface area (TPSA) is 49.4 Å². The first-order valence-electron chi connectivity index (χ1n) is 6.09. The molecule has 0 spiro atoms. The molecule has 1 N–H and O–H groups in total. The first-order valence-corrected chi connectivity index (χ1v) is 6.09. The van der Waals surface area contributed by atoms with Gasteiger partial charge in [0.05, 0.1) is 20.6 Å². The smallest absolute Gasteiger partial charge is 0.324 e. The van der Waals surface area contributed by atoms with E-state index in [2.05, 4.69) is 11.2 Å². The number of quaternary nitrogens is 1. The number of rotatable bonds is 5. The third-order valence-corrected chi connectivity index (χ3v) is 3.11. The van der Waals surface area contributed by atoms with Crippen molar-refractivity contribution in [3.63, 3.8) is 0 Å². The molecule has 1 saturated heterocycles. The molecule has 5 heteroatoms. The maximum absolute atomic E-state index is 11.9. The maximum Gasteiger partial charge on any atom is 0.325 e. The normalized spacial score (nSPS) is 18.7. The first-order chi connectivity index (χ1) is 8.19. The highest BCUT2D eigenvalue weighted by atomic mass is 16.2. The summed E-state index contributed by atoms with van der Waals surface area (Å²) in [4.78, 5) is 24.8. The Labute approximate surface area is 109 Å². The van der Waals surface area contributed by atoms with Crippen LogP contribution in [0.2, 0.25) is 0 Å². The van der Waals surface area contributed by atoms with Crippen molar-refractivity contribution < 1.29 is 14.1 Å². The Morgan fingerprint density at radius 2 is 2.00 bits per heavy atom. The van der Waals surface area contributed by atoms with E-state index in [1.807, 2.05) is 14.1 Å². The van der Waals surface area contributed by atoms with Crippen molar-refractivity contribution in [2.75, 3.05) is 33.7 Å². The zero-order chi connectivity index (χ0) is 14.0. The highest BCUT2D eigenvalue weighted by molar-refractivity contribution is 6.06. The summed E-state index contributed by atoms with van der Waals surface area (Å²) in [7, 11) is 4.07. The second kappa shape index (κ2) is 4.99. The summed E-state index contributed by atoms with van der Waals surface area (Å²) >= 11 is 0. The zero-order valence-corrected chi connectivity index (χ0v) is 11.6. The molecular weight excluding hydrogens is 230 g/mol. The third kappa shape index (κ3) is 3.23. The molecule has 1 fully saturated rings. The Morgan fingerprint density at radius 3 is 2.44 bits per heavy atom. The van der Waals surface area contributed by atoms with Crippen molar-refractivity contribution in [1.29, 1.82) is 0 Å². The van der Waals surface area contributed by atoms with Crippen LogP contribution in [0.5, 0.6) is 0 Å². The molecule has 5 nitrogen and oxygen atoms in total. The van der Waals surface area contributed by atoms with Crippen LogP contribution in [0.3, 0.4) is 0 Å². The summed E-state index contributed by atoms with van der Waals surface area (Å²) < 4.78 is 0.698. The standard InChI is InChI=1S/C13H21N3O2/c1-6-9-16(4,5)10-7-8-15-11(17)13(2,3)14-12(15)18/h1H,7-10H2,2-5H3/p+1. The Morgan fingerprint density at radius 1 is 1.39 bits per heavy atom. The molecule has 1 rings (SSSR count). The molecule has 18 heavy (non-hydrogen) atoms. The van der Waals surface area contributed by atoms with Crippen molar-refractivity contribution in [2.24, 2.45) is 0 Å². The van der Waals surface area contributed by atoms with Gasteiger partial charge in [-0.05, 0) is 19.8 Å². The van der Waals surface area contributed by atoms with Gasteiger partial charge in [-0.2, -0.15) is 0 Å². The molecule has 0 unspecified atom stereocenters. The highest BCUT2D eigenvalue weighted by Gasteiger charge is 2.43. The van der Waals surface area contributed by atoms with Crippen LogP contribution in [0.1, 0.15) is 20.3 Å². The number of carbonyl (C=O) groups excluding carboxylic acids is 2. The van der Waals surface area contributed by atoms with E-state index in [0.717, 1.165) is 13.0 Å². The predicted molar refractivity (Wildman–Crippen MR) is 69.6 cm³/mol. The second-order valence-corrected chi connectivity index (χ2v) is 5.89. The van der Waals surface area contributed by atoms with Crippen LogP contribution < -0.4 is 5.32 Å². The molecule has 0 aromatic carbocycles. The van der Waals surface area contributed by atoms with Crippen LogP contribution in [-0.4, -0.2) is 60.6 Å². The molecule has 0 aliphatic carbocycles. The molecule has 0 atom stereocenters. The van der Waals surface area contributed by atoms with Crippen LogP contribution >= 0.6 is 0 Å². The number of hydrogen-bond acceptors (Lipinski definition) is 2. The minimum Gasteiger partial charge on any atom is -0.324 e. The van der Waals surface area contributed by atoms with E-state index >= 15 is 0 Å². The maximum atomic E-state index is 11.9. The minimum atomic E-state index is -0.778. The predicted octanol–water partition coefficient (Wildman–Crippen LogP) is 0.417. The fraction of sp³-hybridized carbons (Fsp3) is 0.692. The molecule has 1 aliphatic rings. The average Bonchev–Trinajstić information content (AvgIpc) is 2.39. The van der Waals surface area contributed by atoms with Crippen LogP contribution in [-0.2, 0) is 4.79 Å². The molecule has 3 amide bonds. The lowest BCUT2D eigenvalue weighted by molar-refractivity contribution is -0.883.